The summed E-state index contributed by atoms with van der Waals surface area (Å²) in [5.74, 6) is 0.700. The van der Waals surface area contributed by atoms with E-state index < -0.39 is 0 Å². The lowest BCUT2D eigenvalue weighted by molar-refractivity contribution is -0.130. The lowest BCUT2D eigenvalue weighted by atomic mass is 9.96. The maximum atomic E-state index is 12.6. The molecule has 3 heterocycles. The highest BCUT2D eigenvalue weighted by atomic mass is 16.5. The molecule has 2 saturated heterocycles. The van der Waals surface area contributed by atoms with Gasteiger partial charge in [-0.15, -0.1) is 0 Å². The molecule has 25 heavy (non-hydrogen) atoms. The van der Waals surface area contributed by atoms with E-state index in [1.54, 1.807) is 0 Å². The average molecular weight is 350 g/mol. The zero-order valence-corrected chi connectivity index (χ0v) is 15.3. The smallest absolute Gasteiger partial charge is 0.222 e. The van der Waals surface area contributed by atoms with Crippen molar-refractivity contribution in [3.63, 3.8) is 0 Å². The number of amides is 1. The summed E-state index contributed by atoms with van der Waals surface area (Å²) >= 11 is 0. The van der Waals surface area contributed by atoms with Crippen LogP contribution in [0.5, 0.6) is 0 Å². The molecule has 0 aromatic carbocycles. The van der Waals surface area contributed by atoms with Crippen LogP contribution in [0.3, 0.4) is 0 Å². The first-order chi connectivity index (χ1) is 12.1. The van der Waals surface area contributed by atoms with Gasteiger partial charge in [0.15, 0.2) is 0 Å². The van der Waals surface area contributed by atoms with Gasteiger partial charge in [0.05, 0.1) is 18.9 Å². The second kappa shape index (κ2) is 8.29. The fraction of sp³-hybridized carbons (Fsp3) is 0.778. The second-order valence-electron chi connectivity index (χ2n) is 7.33. The number of rotatable bonds is 6. The van der Waals surface area contributed by atoms with Crippen molar-refractivity contribution in [1.82, 2.24) is 20.0 Å². The number of nitrogens with one attached hydrogen (secondary N) is 1. The van der Waals surface area contributed by atoms with Crippen LogP contribution in [0.25, 0.3) is 0 Å². The van der Waals surface area contributed by atoms with Crippen molar-refractivity contribution in [1.29, 1.82) is 0 Å². The molecule has 0 unspecified atom stereocenters. The van der Waals surface area contributed by atoms with Crippen LogP contribution in [0.15, 0.2) is 0 Å². The van der Waals surface area contributed by atoms with Gasteiger partial charge in [-0.1, -0.05) is 0 Å². The number of hydrogen-bond donors (Lipinski definition) is 2. The third kappa shape index (κ3) is 4.40. The number of aliphatic hydroxyl groups is 1. The Bertz CT molecular complexity index is 583. The van der Waals surface area contributed by atoms with Gasteiger partial charge in [-0.2, -0.15) is 5.10 Å². The molecule has 2 aliphatic heterocycles. The van der Waals surface area contributed by atoms with Gasteiger partial charge < -0.3 is 14.7 Å². The van der Waals surface area contributed by atoms with E-state index in [9.17, 15) is 9.90 Å². The Morgan fingerprint density at radius 2 is 2.00 bits per heavy atom. The topological polar surface area (TPSA) is 81.7 Å². The summed E-state index contributed by atoms with van der Waals surface area (Å²) in [4.78, 5) is 16.9. The molecule has 2 aliphatic rings. The first-order valence-corrected chi connectivity index (χ1v) is 9.27. The third-order valence-corrected chi connectivity index (χ3v) is 5.69. The average Bonchev–Trinajstić information content (AvgIpc) is 3.18. The van der Waals surface area contributed by atoms with E-state index >= 15 is 0 Å². The van der Waals surface area contributed by atoms with Gasteiger partial charge in [0, 0.05) is 63.8 Å². The number of aryl methyl sites for hydroxylation is 2. The van der Waals surface area contributed by atoms with Crippen LogP contribution in [-0.4, -0.2) is 83.6 Å². The molecule has 0 aliphatic carbocycles. The predicted octanol–water partition coefficient (Wildman–Crippen LogP) is 0.358. The van der Waals surface area contributed by atoms with E-state index in [4.69, 9.17) is 4.74 Å². The number of carbonyl (C=O) groups excluding carboxylic acids is 1. The summed E-state index contributed by atoms with van der Waals surface area (Å²) in [5, 5.41) is 17.0. The molecule has 7 nitrogen and oxygen atoms in total. The normalized spacial score (nSPS) is 24.8. The van der Waals surface area contributed by atoms with E-state index in [-0.39, 0.29) is 18.4 Å². The molecule has 2 fully saturated rings. The first-order valence-electron chi connectivity index (χ1n) is 9.27. The van der Waals surface area contributed by atoms with E-state index in [1.165, 1.54) is 0 Å². The summed E-state index contributed by atoms with van der Waals surface area (Å²) in [6.07, 6.45) is 1.15. The Labute approximate surface area is 149 Å². The highest BCUT2D eigenvalue weighted by Crippen LogP contribution is 2.25. The monoisotopic (exact) mass is 350 g/mol. The van der Waals surface area contributed by atoms with Crippen LogP contribution >= 0.6 is 0 Å². The highest BCUT2D eigenvalue weighted by Gasteiger charge is 2.35. The van der Waals surface area contributed by atoms with Crippen molar-refractivity contribution < 1.29 is 14.6 Å². The first kappa shape index (κ1) is 18.4. The summed E-state index contributed by atoms with van der Waals surface area (Å²) < 4.78 is 5.40. The fourth-order valence-electron chi connectivity index (χ4n) is 3.83. The Balaban J connectivity index is 1.51. The van der Waals surface area contributed by atoms with Crippen molar-refractivity contribution >= 4 is 5.91 Å². The lowest BCUT2D eigenvalue weighted by Crippen LogP contribution is -2.41. The number of aliphatic hydroxyl groups excluding tert-OH is 1. The Hall–Kier alpha value is -1.44. The predicted molar refractivity (Wildman–Crippen MR) is 94.3 cm³/mol. The number of aromatic amines is 1. The van der Waals surface area contributed by atoms with Crippen molar-refractivity contribution in [3.05, 3.63) is 17.0 Å². The molecule has 0 saturated carbocycles. The minimum atomic E-state index is 0.149. The van der Waals surface area contributed by atoms with Crippen LogP contribution in [-0.2, 0) is 16.0 Å². The molecule has 1 aromatic rings. The van der Waals surface area contributed by atoms with Gasteiger partial charge in [-0.05, 0) is 25.3 Å². The quantitative estimate of drug-likeness (QED) is 0.774. The van der Waals surface area contributed by atoms with Crippen LogP contribution in [0.1, 0.15) is 23.4 Å². The van der Waals surface area contributed by atoms with Crippen LogP contribution < -0.4 is 0 Å². The molecular weight excluding hydrogens is 320 g/mol. The summed E-state index contributed by atoms with van der Waals surface area (Å²) in [6, 6.07) is 0. The fourth-order valence-corrected chi connectivity index (χ4v) is 3.83. The largest absolute Gasteiger partial charge is 0.396 e. The number of carbonyl (C=O) groups is 1. The molecule has 0 bridgehead atoms. The Morgan fingerprint density at radius 3 is 2.64 bits per heavy atom. The molecular formula is C18H30N4O3. The van der Waals surface area contributed by atoms with E-state index in [2.05, 4.69) is 15.1 Å². The molecule has 2 atom stereocenters. The standard InChI is InChI=1S/C18H30N4O3/c1-13-14(2)19-20-17(13)3-4-18(24)22-10-15(16(11-22)12-23)9-21-5-7-25-8-6-21/h15-16,23H,3-12H2,1-2H3,(H,19,20)/t15-,16-/m1/s1. The van der Waals surface area contributed by atoms with Gasteiger partial charge in [0.1, 0.15) is 0 Å². The number of morpholine rings is 1. The molecule has 2 N–H and O–H groups in total. The minimum Gasteiger partial charge on any atom is -0.396 e. The van der Waals surface area contributed by atoms with Crippen LogP contribution in [0.4, 0.5) is 0 Å². The van der Waals surface area contributed by atoms with Crippen LogP contribution in [0, 0.1) is 25.7 Å². The number of ether oxygens (including phenoxy) is 1. The Morgan fingerprint density at radius 1 is 1.28 bits per heavy atom. The van der Waals surface area contributed by atoms with Gasteiger partial charge in [-0.25, -0.2) is 0 Å². The molecule has 3 rings (SSSR count). The maximum absolute atomic E-state index is 12.6. The molecule has 1 amide bonds. The molecule has 140 valence electrons. The van der Waals surface area contributed by atoms with Crippen molar-refractivity contribution in [2.75, 3.05) is 52.5 Å². The zero-order chi connectivity index (χ0) is 17.8. The SMILES string of the molecule is Cc1[nH]nc(CCC(=O)N2C[C@@H](CN3CCOCC3)[C@@H](CO)C2)c1C. The van der Waals surface area contributed by atoms with Crippen molar-refractivity contribution in [3.8, 4) is 0 Å². The van der Waals surface area contributed by atoms with Gasteiger partial charge in [-0.3, -0.25) is 14.8 Å². The van der Waals surface area contributed by atoms with Crippen molar-refractivity contribution in [2.24, 2.45) is 11.8 Å². The molecule has 7 heteroatoms. The van der Waals surface area contributed by atoms with Gasteiger partial charge in [0.2, 0.25) is 5.91 Å². The number of nitrogens with zero attached hydrogens (tertiary/aromatic N) is 3. The lowest BCUT2D eigenvalue weighted by Gasteiger charge is -2.30. The van der Waals surface area contributed by atoms with E-state index in [0.717, 1.165) is 56.3 Å². The summed E-state index contributed by atoms with van der Waals surface area (Å²) in [7, 11) is 0. The summed E-state index contributed by atoms with van der Waals surface area (Å²) in [5.41, 5.74) is 3.19. The minimum absolute atomic E-state index is 0.149. The molecule has 0 radical (unpaired) electrons. The van der Waals surface area contributed by atoms with Gasteiger partial charge in [0.25, 0.3) is 0 Å². The third-order valence-electron chi connectivity index (χ3n) is 5.69. The molecule has 0 spiro atoms. The van der Waals surface area contributed by atoms with Gasteiger partial charge >= 0.3 is 0 Å². The number of hydrogen-bond acceptors (Lipinski definition) is 5. The zero-order valence-electron chi connectivity index (χ0n) is 15.3. The van der Waals surface area contributed by atoms with Crippen LogP contribution in [0.2, 0.25) is 0 Å². The summed E-state index contributed by atoms with van der Waals surface area (Å²) in [6.45, 7) is 9.99. The number of H-pyrrole nitrogens is 1. The highest BCUT2D eigenvalue weighted by molar-refractivity contribution is 5.76. The molecule has 1 aromatic heterocycles. The maximum Gasteiger partial charge on any atom is 0.222 e. The van der Waals surface area contributed by atoms with E-state index in [1.807, 2.05) is 18.7 Å². The van der Waals surface area contributed by atoms with E-state index in [0.29, 0.717) is 25.3 Å². The Kier molecular flexibility index (Phi) is 6.09. The number of aromatic nitrogens is 2. The van der Waals surface area contributed by atoms with Crippen molar-refractivity contribution in [2.45, 2.75) is 26.7 Å². The second-order valence-corrected chi connectivity index (χ2v) is 7.33. The number of likely N-dealkylation sites (tertiary alicyclic amines) is 1.